The first-order valence-corrected chi connectivity index (χ1v) is 3.53. The summed E-state index contributed by atoms with van der Waals surface area (Å²) < 4.78 is 71.5. The molecule has 0 aliphatic carbocycles. The predicted octanol–water partition coefficient (Wildman–Crippen LogP) is 2.81. The van der Waals surface area contributed by atoms with Crippen molar-refractivity contribution in [1.29, 1.82) is 0 Å². The second-order valence-electron chi connectivity index (χ2n) is 2.63. The monoisotopic (exact) mass is 222 g/mol. The lowest BCUT2D eigenvalue weighted by molar-refractivity contribution is -0.366. The van der Waals surface area contributed by atoms with Crippen LogP contribution in [0.15, 0.2) is 12.2 Å². The predicted molar refractivity (Wildman–Crippen MR) is 36.5 cm³/mol. The maximum Gasteiger partial charge on any atom is 0.426 e. The Balaban J connectivity index is 5.07. The third kappa shape index (κ3) is 2.40. The van der Waals surface area contributed by atoms with Crippen LogP contribution in [-0.4, -0.2) is 23.1 Å². The van der Waals surface area contributed by atoms with Crippen LogP contribution in [0.5, 0.6) is 0 Å². The molecule has 0 bridgehead atoms. The highest BCUT2D eigenvalue weighted by molar-refractivity contribution is 4.99. The maximum atomic E-state index is 11.9. The number of hydrogen-bond acceptors (Lipinski definition) is 1. The first-order valence-electron chi connectivity index (χ1n) is 3.53. The van der Waals surface area contributed by atoms with Crippen LogP contribution in [0.1, 0.15) is 13.3 Å². The summed E-state index contributed by atoms with van der Waals surface area (Å²) in [6.07, 6.45) is -11.4. The van der Waals surface area contributed by atoms with Crippen molar-refractivity contribution in [3.63, 3.8) is 0 Å². The van der Waals surface area contributed by atoms with Crippen molar-refractivity contribution in [3.8, 4) is 0 Å². The minimum absolute atomic E-state index is 0.612. The van der Waals surface area contributed by atoms with Gasteiger partial charge < -0.3 is 5.11 Å². The molecular formula is C7H8F6O. The molecule has 7 heteroatoms. The zero-order valence-electron chi connectivity index (χ0n) is 7.08. The Morgan fingerprint density at radius 1 is 1.00 bits per heavy atom. The summed E-state index contributed by atoms with van der Waals surface area (Å²) in [6, 6.07) is 0. The van der Waals surface area contributed by atoms with Gasteiger partial charge in [0.25, 0.3) is 5.60 Å². The van der Waals surface area contributed by atoms with Crippen LogP contribution in [-0.2, 0) is 0 Å². The summed E-state index contributed by atoms with van der Waals surface area (Å²) in [5.74, 6) is 0. The zero-order valence-corrected chi connectivity index (χ0v) is 7.08. The fraction of sp³-hybridized carbons (Fsp3) is 0.714. The van der Waals surface area contributed by atoms with E-state index in [4.69, 9.17) is 5.11 Å². The standard InChI is InChI=1S/C7H8F6O/c1-2-3-4-5(14,6(8,9)10)7(11,12)13/h2-3,14H,4H2,1H3. The van der Waals surface area contributed by atoms with Gasteiger partial charge in [-0.3, -0.25) is 0 Å². The van der Waals surface area contributed by atoms with Crippen LogP contribution >= 0.6 is 0 Å². The lowest BCUT2D eigenvalue weighted by Gasteiger charge is -2.31. The molecule has 1 N–H and O–H groups in total. The van der Waals surface area contributed by atoms with E-state index in [1.807, 2.05) is 0 Å². The minimum atomic E-state index is -5.73. The number of hydrogen-bond donors (Lipinski definition) is 1. The molecule has 0 aromatic heterocycles. The molecule has 0 spiro atoms. The van der Waals surface area contributed by atoms with Crippen LogP contribution in [0.4, 0.5) is 26.3 Å². The second-order valence-corrected chi connectivity index (χ2v) is 2.63. The molecule has 0 aliphatic rings. The molecule has 0 saturated heterocycles. The summed E-state index contributed by atoms with van der Waals surface area (Å²) in [4.78, 5) is 0. The Labute approximate surface area is 76.0 Å². The van der Waals surface area contributed by atoms with Gasteiger partial charge >= 0.3 is 12.4 Å². The molecule has 0 saturated carbocycles. The number of alkyl halides is 6. The highest BCUT2D eigenvalue weighted by atomic mass is 19.4. The van der Waals surface area contributed by atoms with Crippen molar-refractivity contribution in [3.05, 3.63) is 12.2 Å². The van der Waals surface area contributed by atoms with E-state index in [0.717, 1.165) is 6.08 Å². The average Bonchev–Trinajstić information content (AvgIpc) is 1.95. The van der Waals surface area contributed by atoms with Crippen LogP contribution in [0.25, 0.3) is 0 Å². The van der Waals surface area contributed by atoms with Gasteiger partial charge in [0, 0.05) is 6.42 Å². The van der Waals surface area contributed by atoms with E-state index in [1.54, 1.807) is 0 Å². The minimum Gasteiger partial charge on any atom is -0.373 e. The van der Waals surface area contributed by atoms with Crippen molar-refractivity contribution in [2.24, 2.45) is 0 Å². The van der Waals surface area contributed by atoms with Crippen LogP contribution in [0, 0.1) is 0 Å². The molecule has 0 aliphatic heterocycles. The molecule has 0 atom stereocenters. The van der Waals surface area contributed by atoms with Gasteiger partial charge in [-0.05, 0) is 6.92 Å². The maximum absolute atomic E-state index is 11.9. The van der Waals surface area contributed by atoms with E-state index < -0.39 is 24.4 Å². The zero-order chi connectivity index (χ0) is 11.6. The van der Waals surface area contributed by atoms with E-state index >= 15 is 0 Å². The van der Waals surface area contributed by atoms with Gasteiger partial charge in [0.1, 0.15) is 0 Å². The fourth-order valence-corrected chi connectivity index (χ4v) is 0.681. The summed E-state index contributed by atoms with van der Waals surface area (Å²) >= 11 is 0. The Morgan fingerprint density at radius 2 is 1.36 bits per heavy atom. The second kappa shape index (κ2) is 3.80. The first-order chi connectivity index (χ1) is 6.06. The third-order valence-corrected chi connectivity index (χ3v) is 1.59. The van der Waals surface area contributed by atoms with Crippen molar-refractivity contribution >= 4 is 0 Å². The van der Waals surface area contributed by atoms with E-state index in [2.05, 4.69) is 0 Å². The molecule has 0 aromatic rings. The molecule has 14 heavy (non-hydrogen) atoms. The molecule has 1 nitrogen and oxygen atoms in total. The van der Waals surface area contributed by atoms with Crippen molar-refractivity contribution in [2.75, 3.05) is 0 Å². The van der Waals surface area contributed by atoms with Gasteiger partial charge in [-0.25, -0.2) is 0 Å². The SMILES string of the molecule is CC=CCC(O)(C(F)(F)F)C(F)(F)F. The lowest BCUT2D eigenvalue weighted by atomic mass is 9.98. The van der Waals surface area contributed by atoms with E-state index in [9.17, 15) is 26.3 Å². The number of halogens is 6. The topological polar surface area (TPSA) is 20.2 Å². The number of aliphatic hydroxyl groups is 1. The van der Waals surface area contributed by atoms with Crippen LogP contribution < -0.4 is 0 Å². The Hall–Kier alpha value is -0.720. The molecule has 0 aromatic carbocycles. The summed E-state index contributed by atoms with van der Waals surface area (Å²) in [5.41, 5.74) is -4.66. The van der Waals surface area contributed by atoms with Crippen molar-refractivity contribution in [2.45, 2.75) is 31.3 Å². The smallest absolute Gasteiger partial charge is 0.373 e. The molecule has 0 rings (SSSR count). The molecule has 0 heterocycles. The third-order valence-electron chi connectivity index (χ3n) is 1.59. The largest absolute Gasteiger partial charge is 0.426 e. The van der Waals surface area contributed by atoms with E-state index in [-0.39, 0.29) is 0 Å². The Bertz CT molecular complexity index is 199. The summed E-state index contributed by atoms with van der Waals surface area (Å²) in [7, 11) is 0. The highest BCUT2D eigenvalue weighted by Gasteiger charge is 2.69. The van der Waals surface area contributed by atoms with Gasteiger partial charge in [0.2, 0.25) is 0 Å². The van der Waals surface area contributed by atoms with Gasteiger partial charge in [0.15, 0.2) is 0 Å². The molecule has 0 radical (unpaired) electrons. The highest BCUT2D eigenvalue weighted by Crippen LogP contribution is 2.45. The van der Waals surface area contributed by atoms with Crippen molar-refractivity contribution in [1.82, 2.24) is 0 Å². The van der Waals surface area contributed by atoms with Gasteiger partial charge in [0.05, 0.1) is 0 Å². The number of allylic oxidation sites excluding steroid dienone is 1. The van der Waals surface area contributed by atoms with Gasteiger partial charge in [-0.15, -0.1) is 0 Å². The molecule has 0 fully saturated rings. The molecule has 84 valence electrons. The van der Waals surface area contributed by atoms with Crippen LogP contribution in [0.3, 0.4) is 0 Å². The van der Waals surface area contributed by atoms with E-state index in [1.165, 1.54) is 6.92 Å². The molecule has 0 unspecified atom stereocenters. The van der Waals surface area contributed by atoms with Gasteiger partial charge in [-0.1, -0.05) is 12.2 Å². The Kier molecular flexibility index (Phi) is 3.60. The molecule has 0 amide bonds. The fourth-order valence-electron chi connectivity index (χ4n) is 0.681. The summed E-state index contributed by atoms with van der Waals surface area (Å²) in [6.45, 7) is 1.26. The van der Waals surface area contributed by atoms with E-state index in [0.29, 0.717) is 6.08 Å². The van der Waals surface area contributed by atoms with Gasteiger partial charge in [-0.2, -0.15) is 26.3 Å². The molecular weight excluding hydrogens is 214 g/mol. The average molecular weight is 222 g/mol. The summed E-state index contributed by atoms with van der Waals surface area (Å²) in [5, 5.41) is 8.51. The Morgan fingerprint density at radius 3 is 1.57 bits per heavy atom. The lowest BCUT2D eigenvalue weighted by Crippen LogP contribution is -2.56. The normalized spacial score (nSPS) is 15.1. The number of rotatable bonds is 2. The van der Waals surface area contributed by atoms with Crippen LogP contribution in [0.2, 0.25) is 0 Å². The first kappa shape index (κ1) is 13.3. The van der Waals surface area contributed by atoms with Crippen molar-refractivity contribution < 1.29 is 31.4 Å². The quantitative estimate of drug-likeness (QED) is 0.562.